The van der Waals surface area contributed by atoms with Crippen molar-refractivity contribution >= 4 is 11.6 Å². The monoisotopic (exact) mass is 173 g/mol. The molecule has 0 radical (unpaired) electrons. The quantitative estimate of drug-likeness (QED) is 0.368. The van der Waals surface area contributed by atoms with Crippen LogP contribution in [0.3, 0.4) is 0 Å². The highest BCUT2D eigenvalue weighted by Crippen LogP contribution is 2.24. The van der Waals surface area contributed by atoms with Gasteiger partial charge in [0.25, 0.3) is 0 Å². The highest BCUT2D eigenvalue weighted by molar-refractivity contribution is 6.30. The Morgan fingerprint density at radius 3 is 3.09 bits per heavy atom. The summed E-state index contributed by atoms with van der Waals surface area (Å²) in [6.07, 6.45) is 2.51. The number of hydrogen-bond acceptors (Lipinski definition) is 2. The van der Waals surface area contributed by atoms with Crippen LogP contribution in [0.25, 0.3) is 10.4 Å². The van der Waals surface area contributed by atoms with Gasteiger partial charge in [-0.1, -0.05) is 22.8 Å². The zero-order valence-corrected chi connectivity index (χ0v) is 6.57. The molecule has 1 aliphatic carbocycles. The molecule has 0 unspecified atom stereocenters. The predicted octanol–water partition coefficient (Wildman–Crippen LogP) is 1.94. The molecular weight excluding hydrogens is 166 g/mol. The van der Waals surface area contributed by atoms with Gasteiger partial charge in [0.1, 0.15) is 0 Å². The zero-order chi connectivity index (χ0) is 8.27. The lowest BCUT2D eigenvalue weighted by Gasteiger charge is -2.21. The normalized spacial score (nSPS) is 30.5. The van der Waals surface area contributed by atoms with Gasteiger partial charge in [-0.25, -0.2) is 0 Å². The number of nitrogens with zero attached hydrogens (tertiary/aromatic N) is 3. The SMILES string of the molecule is [N-]=[N+]=N[C@H]1C(Cl)=CCC[C@@H]1O. The van der Waals surface area contributed by atoms with Crippen LogP contribution in [-0.4, -0.2) is 17.3 Å². The molecule has 60 valence electrons. The number of azide groups is 1. The molecule has 1 rings (SSSR count). The molecule has 1 N–H and O–H groups in total. The van der Waals surface area contributed by atoms with Crippen LogP contribution in [0.1, 0.15) is 12.8 Å². The minimum Gasteiger partial charge on any atom is -0.392 e. The third-order valence-electron chi connectivity index (χ3n) is 1.62. The van der Waals surface area contributed by atoms with Crippen molar-refractivity contribution in [2.24, 2.45) is 5.11 Å². The fourth-order valence-electron chi connectivity index (χ4n) is 1.04. The second-order valence-electron chi connectivity index (χ2n) is 2.38. The lowest BCUT2D eigenvalue weighted by atomic mass is 10.0. The molecule has 0 amide bonds. The summed E-state index contributed by atoms with van der Waals surface area (Å²) in [5.74, 6) is 0. The summed E-state index contributed by atoms with van der Waals surface area (Å²) in [6, 6.07) is -0.574. The minimum absolute atomic E-state index is 0.446. The van der Waals surface area contributed by atoms with Gasteiger partial charge in [-0.3, -0.25) is 0 Å². The molecule has 0 aromatic heterocycles. The number of allylic oxidation sites excluding steroid dienone is 1. The maximum atomic E-state index is 9.28. The molecule has 0 bridgehead atoms. The van der Waals surface area contributed by atoms with Crippen LogP contribution >= 0.6 is 11.6 Å². The van der Waals surface area contributed by atoms with Crippen molar-refractivity contribution in [3.05, 3.63) is 21.6 Å². The maximum Gasteiger partial charge on any atom is 0.0988 e. The molecule has 2 atom stereocenters. The Morgan fingerprint density at radius 2 is 2.55 bits per heavy atom. The molecule has 1 aliphatic rings. The first-order valence-electron chi connectivity index (χ1n) is 3.33. The van der Waals surface area contributed by atoms with Gasteiger partial charge < -0.3 is 5.11 Å². The van der Waals surface area contributed by atoms with E-state index in [1.165, 1.54) is 0 Å². The first-order chi connectivity index (χ1) is 5.25. The number of rotatable bonds is 1. The van der Waals surface area contributed by atoms with E-state index in [9.17, 15) is 5.11 Å². The molecular formula is C6H8ClN3O. The maximum absolute atomic E-state index is 9.28. The fourth-order valence-corrected chi connectivity index (χ4v) is 1.34. The number of aliphatic hydroxyl groups is 1. The van der Waals surface area contributed by atoms with Gasteiger partial charge in [-0.2, -0.15) is 0 Å². The van der Waals surface area contributed by atoms with E-state index in [2.05, 4.69) is 10.0 Å². The Kier molecular flexibility index (Phi) is 2.76. The Morgan fingerprint density at radius 1 is 1.82 bits per heavy atom. The number of hydrogen-bond donors (Lipinski definition) is 1. The van der Waals surface area contributed by atoms with Crippen LogP contribution in [0.2, 0.25) is 0 Å². The molecule has 0 fully saturated rings. The minimum atomic E-state index is -0.622. The van der Waals surface area contributed by atoms with E-state index in [-0.39, 0.29) is 0 Å². The molecule has 0 aliphatic heterocycles. The van der Waals surface area contributed by atoms with Gasteiger partial charge in [0.05, 0.1) is 12.1 Å². The van der Waals surface area contributed by atoms with Gasteiger partial charge in [0.15, 0.2) is 0 Å². The molecule has 0 aromatic carbocycles. The van der Waals surface area contributed by atoms with Crippen LogP contribution in [0, 0.1) is 0 Å². The molecule has 0 saturated carbocycles. The third kappa shape index (κ3) is 1.87. The fraction of sp³-hybridized carbons (Fsp3) is 0.667. The second-order valence-corrected chi connectivity index (χ2v) is 2.82. The van der Waals surface area contributed by atoms with E-state index in [1.807, 2.05) is 0 Å². The van der Waals surface area contributed by atoms with Crippen LogP contribution in [0.5, 0.6) is 0 Å². The van der Waals surface area contributed by atoms with Crippen molar-refractivity contribution in [3.8, 4) is 0 Å². The van der Waals surface area contributed by atoms with E-state index < -0.39 is 12.1 Å². The lowest BCUT2D eigenvalue weighted by Crippen LogP contribution is -2.26. The summed E-state index contributed by atoms with van der Waals surface area (Å²) in [5.41, 5.74) is 8.12. The van der Waals surface area contributed by atoms with Crippen molar-refractivity contribution in [1.29, 1.82) is 0 Å². The Labute approximate surface area is 69.1 Å². The summed E-state index contributed by atoms with van der Waals surface area (Å²) in [6.45, 7) is 0. The highest BCUT2D eigenvalue weighted by Gasteiger charge is 2.23. The Hall–Kier alpha value is -0.700. The van der Waals surface area contributed by atoms with Crippen molar-refractivity contribution in [2.75, 3.05) is 0 Å². The largest absolute Gasteiger partial charge is 0.392 e. The molecule has 0 saturated heterocycles. The van der Waals surface area contributed by atoms with E-state index in [0.29, 0.717) is 11.5 Å². The molecule has 0 heterocycles. The van der Waals surface area contributed by atoms with Crippen molar-refractivity contribution in [1.82, 2.24) is 0 Å². The van der Waals surface area contributed by atoms with E-state index in [4.69, 9.17) is 17.1 Å². The standard InChI is InChI=1S/C6H8ClN3O/c7-4-2-1-3-5(11)6(4)9-10-8/h2,5-6,11H,1,3H2/t5-,6-/m0/s1. The van der Waals surface area contributed by atoms with Gasteiger partial charge >= 0.3 is 0 Å². The van der Waals surface area contributed by atoms with Crippen LogP contribution in [0.4, 0.5) is 0 Å². The first kappa shape index (κ1) is 8.40. The molecule has 11 heavy (non-hydrogen) atoms. The topological polar surface area (TPSA) is 69.0 Å². The Bertz CT molecular complexity index is 222. The van der Waals surface area contributed by atoms with Gasteiger partial charge in [0, 0.05) is 9.94 Å². The van der Waals surface area contributed by atoms with Crippen molar-refractivity contribution in [2.45, 2.75) is 25.0 Å². The van der Waals surface area contributed by atoms with Crippen LogP contribution in [0.15, 0.2) is 16.2 Å². The van der Waals surface area contributed by atoms with Gasteiger partial charge in [0.2, 0.25) is 0 Å². The zero-order valence-electron chi connectivity index (χ0n) is 5.81. The predicted molar refractivity (Wildman–Crippen MR) is 42.1 cm³/mol. The van der Waals surface area contributed by atoms with Crippen LogP contribution in [-0.2, 0) is 0 Å². The van der Waals surface area contributed by atoms with Crippen molar-refractivity contribution in [3.63, 3.8) is 0 Å². The smallest absolute Gasteiger partial charge is 0.0988 e. The summed E-state index contributed by atoms with van der Waals surface area (Å²) in [4.78, 5) is 2.60. The van der Waals surface area contributed by atoms with Crippen LogP contribution < -0.4 is 0 Å². The van der Waals surface area contributed by atoms with E-state index in [1.54, 1.807) is 6.08 Å². The molecule has 4 nitrogen and oxygen atoms in total. The summed E-state index contributed by atoms with van der Waals surface area (Å²) in [7, 11) is 0. The second kappa shape index (κ2) is 3.62. The van der Waals surface area contributed by atoms with E-state index >= 15 is 0 Å². The molecule has 0 spiro atoms. The molecule has 5 heteroatoms. The number of aliphatic hydroxyl groups excluding tert-OH is 1. The summed E-state index contributed by atoms with van der Waals surface area (Å²) < 4.78 is 0. The van der Waals surface area contributed by atoms with Gasteiger partial charge in [-0.05, 0) is 18.4 Å². The summed E-state index contributed by atoms with van der Waals surface area (Å²) in [5, 5.41) is 13.1. The highest BCUT2D eigenvalue weighted by atomic mass is 35.5. The van der Waals surface area contributed by atoms with Gasteiger partial charge in [-0.15, -0.1) is 0 Å². The lowest BCUT2D eigenvalue weighted by molar-refractivity contribution is 0.145. The molecule has 0 aromatic rings. The first-order valence-corrected chi connectivity index (χ1v) is 3.71. The number of halogens is 1. The summed E-state index contributed by atoms with van der Waals surface area (Å²) >= 11 is 5.69. The third-order valence-corrected chi connectivity index (χ3v) is 2.00. The average molecular weight is 174 g/mol. The average Bonchev–Trinajstić information content (AvgIpc) is 1.97. The van der Waals surface area contributed by atoms with E-state index in [0.717, 1.165) is 6.42 Å². The Balaban J connectivity index is 2.79. The van der Waals surface area contributed by atoms with Crippen molar-refractivity contribution < 1.29 is 5.11 Å².